The molecule has 2 heterocycles. The van der Waals surface area contributed by atoms with Gasteiger partial charge in [0.1, 0.15) is 5.01 Å². The van der Waals surface area contributed by atoms with E-state index in [4.69, 9.17) is 0 Å². The van der Waals surface area contributed by atoms with Crippen molar-refractivity contribution in [2.45, 2.75) is 45.2 Å². The van der Waals surface area contributed by atoms with Crippen LogP contribution < -0.4 is 5.32 Å². The Labute approximate surface area is 136 Å². The van der Waals surface area contributed by atoms with Crippen LogP contribution in [-0.2, 0) is 13.0 Å². The number of carbonyl (C=O) groups is 1. The molecule has 1 saturated carbocycles. The van der Waals surface area contributed by atoms with Gasteiger partial charge in [0.15, 0.2) is 0 Å². The monoisotopic (exact) mass is 322 g/mol. The van der Waals surface area contributed by atoms with Crippen molar-refractivity contribution in [2.75, 3.05) is 26.7 Å². The summed E-state index contributed by atoms with van der Waals surface area (Å²) in [4.78, 5) is 22.2. The van der Waals surface area contributed by atoms with Crippen LogP contribution in [0.1, 0.15) is 36.1 Å². The first kappa shape index (κ1) is 15.7. The van der Waals surface area contributed by atoms with Crippen LogP contribution >= 0.6 is 11.3 Å². The van der Waals surface area contributed by atoms with E-state index >= 15 is 0 Å². The van der Waals surface area contributed by atoms with Crippen LogP contribution in [0.25, 0.3) is 0 Å². The maximum atomic E-state index is 12.3. The normalized spacial score (nSPS) is 22.0. The summed E-state index contributed by atoms with van der Waals surface area (Å²) in [6.07, 6.45) is 6.78. The average Bonchev–Trinajstić information content (AvgIpc) is 3.01. The average molecular weight is 322 g/mol. The predicted molar refractivity (Wildman–Crippen MR) is 89.1 cm³/mol. The number of nitrogens with zero attached hydrogens (tertiary/aromatic N) is 3. The number of rotatable bonds is 6. The van der Waals surface area contributed by atoms with E-state index in [2.05, 4.69) is 22.1 Å². The third-order valence-corrected chi connectivity index (χ3v) is 5.61. The molecule has 0 radical (unpaired) electrons. The molecule has 1 atom stereocenters. The number of hydrogen-bond acceptors (Lipinski definition) is 4. The van der Waals surface area contributed by atoms with Crippen molar-refractivity contribution in [1.29, 1.82) is 0 Å². The Morgan fingerprint density at radius 3 is 3.00 bits per heavy atom. The van der Waals surface area contributed by atoms with Crippen molar-refractivity contribution in [2.24, 2.45) is 5.92 Å². The smallest absolute Gasteiger partial charge is 0.317 e. The van der Waals surface area contributed by atoms with Gasteiger partial charge in [0, 0.05) is 43.8 Å². The molecular weight excluding hydrogens is 296 g/mol. The number of likely N-dealkylation sites (tertiary alicyclic amines) is 1. The molecule has 0 aromatic carbocycles. The number of hydrogen-bond donors (Lipinski definition) is 1. The molecule has 1 aromatic heterocycles. The topological polar surface area (TPSA) is 48.5 Å². The first-order valence-electron chi connectivity index (χ1n) is 8.31. The molecule has 22 heavy (non-hydrogen) atoms. The van der Waals surface area contributed by atoms with Crippen molar-refractivity contribution in [1.82, 2.24) is 20.1 Å². The van der Waals surface area contributed by atoms with E-state index in [-0.39, 0.29) is 6.03 Å². The highest BCUT2D eigenvalue weighted by atomic mass is 32.1. The fourth-order valence-corrected chi connectivity index (χ4v) is 3.84. The summed E-state index contributed by atoms with van der Waals surface area (Å²) in [7, 11) is 1.85. The molecule has 3 rings (SSSR count). The number of urea groups is 1. The molecule has 0 spiro atoms. The zero-order chi connectivity index (χ0) is 15.5. The van der Waals surface area contributed by atoms with Gasteiger partial charge in [-0.1, -0.05) is 6.92 Å². The van der Waals surface area contributed by atoms with Gasteiger partial charge in [0.25, 0.3) is 0 Å². The second-order valence-corrected chi connectivity index (χ2v) is 7.77. The van der Waals surface area contributed by atoms with Gasteiger partial charge < -0.3 is 15.1 Å². The van der Waals surface area contributed by atoms with Gasteiger partial charge in [-0.15, -0.1) is 11.3 Å². The zero-order valence-corrected chi connectivity index (χ0v) is 14.4. The fourth-order valence-electron chi connectivity index (χ4n) is 2.93. The van der Waals surface area contributed by atoms with Crippen LogP contribution in [0.4, 0.5) is 4.79 Å². The molecule has 5 nitrogen and oxygen atoms in total. The lowest BCUT2D eigenvalue weighted by atomic mass is 10.3. The van der Waals surface area contributed by atoms with Gasteiger partial charge in [-0.05, 0) is 31.6 Å². The molecule has 0 bridgehead atoms. The third-order valence-electron chi connectivity index (χ3n) is 4.48. The van der Waals surface area contributed by atoms with Gasteiger partial charge in [-0.25, -0.2) is 9.78 Å². The lowest BCUT2D eigenvalue weighted by Gasteiger charge is -2.21. The Hall–Kier alpha value is -1.14. The quantitative estimate of drug-likeness (QED) is 0.874. The van der Waals surface area contributed by atoms with E-state index in [1.165, 1.54) is 24.3 Å². The minimum atomic E-state index is 0.0199. The van der Waals surface area contributed by atoms with Crippen LogP contribution in [0, 0.1) is 5.92 Å². The van der Waals surface area contributed by atoms with E-state index in [9.17, 15) is 4.79 Å². The van der Waals surface area contributed by atoms with Crippen molar-refractivity contribution in [3.8, 4) is 0 Å². The number of aromatic nitrogens is 1. The molecule has 0 unspecified atom stereocenters. The molecule has 1 saturated heterocycles. The Bertz CT molecular complexity index is 514. The first-order valence-corrected chi connectivity index (χ1v) is 9.13. The molecule has 2 amide bonds. The molecule has 1 N–H and O–H groups in total. The van der Waals surface area contributed by atoms with Gasteiger partial charge in [-0.3, -0.25) is 0 Å². The van der Waals surface area contributed by atoms with Gasteiger partial charge in [-0.2, -0.15) is 0 Å². The highest BCUT2D eigenvalue weighted by Crippen LogP contribution is 2.30. The van der Waals surface area contributed by atoms with E-state index in [0.717, 1.165) is 36.9 Å². The Morgan fingerprint density at radius 1 is 1.50 bits per heavy atom. The zero-order valence-electron chi connectivity index (χ0n) is 13.5. The maximum absolute atomic E-state index is 12.3. The van der Waals surface area contributed by atoms with Crippen LogP contribution in [0.5, 0.6) is 0 Å². The number of nitrogens with one attached hydrogen (secondary N) is 1. The Balaban J connectivity index is 1.42. The Morgan fingerprint density at radius 2 is 2.32 bits per heavy atom. The van der Waals surface area contributed by atoms with Gasteiger partial charge in [0.05, 0.1) is 6.54 Å². The van der Waals surface area contributed by atoms with E-state index in [1.54, 1.807) is 16.2 Å². The maximum Gasteiger partial charge on any atom is 0.317 e. The second-order valence-electron chi connectivity index (χ2n) is 6.57. The summed E-state index contributed by atoms with van der Waals surface area (Å²) in [5.41, 5.74) is 0. The van der Waals surface area contributed by atoms with Crippen LogP contribution in [0.3, 0.4) is 0 Å². The summed E-state index contributed by atoms with van der Waals surface area (Å²) in [6, 6.07) is 0.322. The molecule has 2 fully saturated rings. The summed E-state index contributed by atoms with van der Waals surface area (Å²) < 4.78 is 0. The predicted octanol–water partition coefficient (Wildman–Crippen LogP) is 2.33. The largest absolute Gasteiger partial charge is 0.334 e. The summed E-state index contributed by atoms with van der Waals surface area (Å²) >= 11 is 1.69. The lowest BCUT2D eigenvalue weighted by molar-refractivity contribution is 0.202. The van der Waals surface area contributed by atoms with Crippen LogP contribution in [0.15, 0.2) is 6.20 Å². The van der Waals surface area contributed by atoms with Gasteiger partial charge >= 0.3 is 6.03 Å². The van der Waals surface area contributed by atoms with Crippen molar-refractivity contribution < 1.29 is 4.79 Å². The van der Waals surface area contributed by atoms with Crippen LogP contribution in [0.2, 0.25) is 0 Å². The molecule has 2 aliphatic rings. The minimum absolute atomic E-state index is 0.0199. The number of carbonyl (C=O) groups excluding carboxylic acids is 1. The summed E-state index contributed by atoms with van der Waals surface area (Å²) in [5, 5.41) is 4.18. The van der Waals surface area contributed by atoms with E-state index in [0.29, 0.717) is 12.6 Å². The summed E-state index contributed by atoms with van der Waals surface area (Å²) in [6.45, 7) is 6.07. The van der Waals surface area contributed by atoms with Crippen LogP contribution in [-0.4, -0.2) is 53.5 Å². The van der Waals surface area contributed by atoms with Gasteiger partial charge in [0.2, 0.25) is 0 Å². The Kier molecular flexibility index (Phi) is 4.98. The molecule has 6 heteroatoms. The summed E-state index contributed by atoms with van der Waals surface area (Å²) in [5.74, 6) is 0.926. The second kappa shape index (κ2) is 6.96. The third kappa shape index (κ3) is 4.20. The SMILES string of the molecule is CCc1cnc(CN(C)C(=O)N[C@H]2CCN(CC3CC3)C2)s1. The van der Waals surface area contributed by atoms with Crippen molar-refractivity contribution >= 4 is 17.4 Å². The molecular formula is C16H26N4OS. The molecule has 122 valence electrons. The fraction of sp³-hybridized carbons (Fsp3) is 0.750. The highest BCUT2D eigenvalue weighted by molar-refractivity contribution is 7.11. The van der Waals surface area contributed by atoms with E-state index < -0.39 is 0 Å². The first-order chi connectivity index (χ1) is 10.6. The number of amides is 2. The lowest BCUT2D eigenvalue weighted by Crippen LogP contribution is -2.44. The number of aryl methyl sites for hydroxylation is 1. The minimum Gasteiger partial charge on any atom is -0.334 e. The number of thiazole rings is 1. The molecule has 1 aliphatic carbocycles. The molecule has 1 aliphatic heterocycles. The van der Waals surface area contributed by atoms with Crippen molar-refractivity contribution in [3.05, 3.63) is 16.1 Å². The molecule has 1 aromatic rings. The van der Waals surface area contributed by atoms with E-state index in [1.807, 2.05) is 13.2 Å². The standard InChI is InChI=1S/C16H26N4OS/c1-3-14-8-17-15(22-14)11-19(2)16(21)18-13-6-7-20(10-13)9-12-4-5-12/h8,12-13H,3-7,9-11H2,1-2H3,(H,18,21)/t13-/m0/s1. The van der Waals surface area contributed by atoms with Crippen molar-refractivity contribution in [3.63, 3.8) is 0 Å². The highest BCUT2D eigenvalue weighted by Gasteiger charge is 2.30.